The van der Waals surface area contributed by atoms with Gasteiger partial charge >= 0.3 is 6.16 Å². The molecule has 2 aliphatic rings. The van der Waals surface area contributed by atoms with E-state index < -0.39 is 17.5 Å². The van der Waals surface area contributed by atoms with Crippen LogP contribution in [0.2, 0.25) is 0 Å². The molecule has 0 spiro atoms. The highest BCUT2D eigenvalue weighted by Gasteiger charge is 2.26. The summed E-state index contributed by atoms with van der Waals surface area (Å²) in [5, 5.41) is 19.4. The van der Waals surface area contributed by atoms with Gasteiger partial charge in [-0.15, -0.1) is 12.4 Å². The molecule has 8 nitrogen and oxygen atoms in total. The number of pyridine rings is 1. The topological polar surface area (TPSA) is 106 Å². The van der Waals surface area contributed by atoms with E-state index in [2.05, 4.69) is 45.7 Å². The first-order chi connectivity index (χ1) is 14.3. The molecule has 1 aliphatic heterocycles. The number of hydrogen-bond acceptors (Lipinski definition) is 6. The van der Waals surface area contributed by atoms with Crippen molar-refractivity contribution < 1.29 is 19.7 Å². The lowest BCUT2D eigenvalue weighted by atomic mass is 9.98. The van der Waals surface area contributed by atoms with Gasteiger partial charge in [0.25, 0.3) is 5.56 Å². The van der Waals surface area contributed by atoms with E-state index in [0.717, 1.165) is 49.9 Å². The standard InChI is InChI=1S/C22H27N3O5.ClH/c1-24(2)14-8-10-25(11-9-14)15-6-7-16-13(12-15)4-3-5-17-18(16)23-21(27)20(19(17)26)30-22(28)29;/h6-7,12,14H,3-5,8-11H2,1-2H3,(H,28,29)(H2,23,26,27);1H. The average Bonchev–Trinajstić information content (AvgIpc) is 2.90. The molecule has 0 atom stereocenters. The van der Waals surface area contributed by atoms with Crippen molar-refractivity contribution in [1.29, 1.82) is 0 Å². The van der Waals surface area contributed by atoms with Crippen molar-refractivity contribution in [3.05, 3.63) is 39.7 Å². The van der Waals surface area contributed by atoms with E-state index in [1.54, 1.807) is 0 Å². The van der Waals surface area contributed by atoms with Gasteiger partial charge in [-0.2, -0.15) is 0 Å². The molecule has 0 amide bonds. The van der Waals surface area contributed by atoms with Gasteiger partial charge < -0.3 is 29.7 Å². The van der Waals surface area contributed by atoms with Crippen molar-refractivity contribution in [1.82, 2.24) is 9.88 Å². The van der Waals surface area contributed by atoms with Crippen LogP contribution in [0.3, 0.4) is 0 Å². The maximum Gasteiger partial charge on any atom is 0.511 e. The van der Waals surface area contributed by atoms with Crippen molar-refractivity contribution in [3.63, 3.8) is 0 Å². The molecular weight excluding hydrogens is 422 g/mol. The summed E-state index contributed by atoms with van der Waals surface area (Å²) in [6, 6.07) is 6.84. The van der Waals surface area contributed by atoms with Gasteiger partial charge in [0.05, 0.1) is 5.69 Å². The predicted octanol–water partition coefficient (Wildman–Crippen LogP) is 3.25. The van der Waals surface area contributed by atoms with Crippen molar-refractivity contribution >= 4 is 24.2 Å². The van der Waals surface area contributed by atoms with Crippen LogP contribution in [0.4, 0.5) is 10.5 Å². The lowest BCUT2D eigenvalue weighted by Gasteiger charge is -2.36. The zero-order chi connectivity index (χ0) is 21.4. The van der Waals surface area contributed by atoms with Crippen LogP contribution in [0.25, 0.3) is 11.3 Å². The number of carbonyl (C=O) groups is 1. The Hall–Kier alpha value is -2.71. The Morgan fingerprint density at radius 2 is 1.94 bits per heavy atom. The largest absolute Gasteiger partial charge is 0.511 e. The van der Waals surface area contributed by atoms with E-state index in [1.807, 2.05) is 6.07 Å². The summed E-state index contributed by atoms with van der Waals surface area (Å²) < 4.78 is 4.51. The minimum Gasteiger partial charge on any atom is -0.504 e. The van der Waals surface area contributed by atoms with Gasteiger partial charge in [0.1, 0.15) is 0 Å². The van der Waals surface area contributed by atoms with Crippen LogP contribution in [-0.4, -0.2) is 59.5 Å². The van der Waals surface area contributed by atoms with E-state index in [1.165, 1.54) is 5.69 Å². The van der Waals surface area contributed by atoms with Gasteiger partial charge in [0.15, 0.2) is 5.75 Å². The Kier molecular flexibility index (Phi) is 6.81. The number of fused-ring (bicyclic) bond motifs is 3. The summed E-state index contributed by atoms with van der Waals surface area (Å²) in [5.74, 6) is -0.955. The highest BCUT2D eigenvalue weighted by atomic mass is 35.5. The third kappa shape index (κ3) is 4.50. The molecule has 31 heavy (non-hydrogen) atoms. The summed E-state index contributed by atoms with van der Waals surface area (Å²) in [5.41, 5.74) is 3.46. The first kappa shape index (κ1) is 23.0. The number of aryl methyl sites for hydroxylation is 1. The fourth-order valence-electron chi connectivity index (χ4n) is 4.59. The molecule has 1 aliphatic carbocycles. The number of ether oxygens (including phenoxy) is 1. The van der Waals surface area contributed by atoms with E-state index >= 15 is 0 Å². The summed E-state index contributed by atoms with van der Waals surface area (Å²) >= 11 is 0. The molecule has 0 unspecified atom stereocenters. The molecule has 2 heterocycles. The third-order valence-electron chi connectivity index (χ3n) is 6.23. The van der Waals surface area contributed by atoms with Crippen LogP contribution in [-0.2, 0) is 12.8 Å². The van der Waals surface area contributed by atoms with E-state index in [0.29, 0.717) is 23.7 Å². The highest BCUT2D eigenvalue weighted by Crippen LogP contribution is 2.39. The SMILES string of the molecule is CN(C)C1CCN(c2ccc3c(c2)CCCc2c-3[nH]c(=O)c(OC(=O)O)c2O)CC1.Cl. The van der Waals surface area contributed by atoms with Crippen LogP contribution in [0.5, 0.6) is 11.5 Å². The molecule has 1 aromatic carbocycles. The number of halogens is 1. The summed E-state index contributed by atoms with van der Waals surface area (Å²) in [7, 11) is 4.26. The van der Waals surface area contributed by atoms with Gasteiger partial charge in [0, 0.05) is 35.9 Å². The Balaban J connectivity index is 0.00000272. The number of nitrogens with zero attached hydrogens (tertiary/aromatic N) is 2. The second-order valence-electron chi connectivity index (χ2n) is 8.23. The number of H-pyrrole nitrogens is 1. The number of piperidine rings is 1. The molecule has 1 aromatic heterocycles. The number of rotatable bonds is 3. The molecule has 0 bridgehead atoms. The zero-order valence-electron chi connectivity index (χ0n) is 17.7. The number of aromatic hydroxyl groups is 1. The molecule has 1 fully saturated rings. The van der Waals surface area contributed by atoms with Gasteiger partial charge in [-0.1, -0.05) is 6.07 Å². The van der Waals surface area contributed by atoms with Crippen LogP contribution in [0.1, 0.15) is 30.4 Å². The van der Waals surface area contributed by atoms with Gasteiger partial charge in [-0.25, -0.2) is 4.79 Å². The van der Waals surface area contributed by atoms with Crippen molar-refractivity contribution in [2.24, 2.45) is 0 Å². The first-order valence-electron chi connectivity index (χ1n) is 10.3. The molecule has 4 rings (SSSR count). The molecule has 0 radical (unpaired) electrons. The molecule has 3 N–H and O–H groups in total. The number of aromatic nitrogens is 1. The van der Waals surface area contributed by atoms with E-state index in [4.69, 9.17) is 5.11 Å². The van der Waals surface area contributed by atoms with Gasteiger partial charge in [-0.3, -0.25) is 4.79 Å². The minimum atomic E-state index is -1.63. The Morgan fingerprint density at radius 3 is 2.58 bits per heavy atom. The maximum absolute atomic E-state index is 12.4. The molecular formula is C22H28ClN3O5. The number of carboxylic acid groups (broad SMARTS) is 1. The molecule has 9 heteroatoms. The summed E-state index contributed by atoms with van der Waals surface area (Å²) in [4.78, 5) is 30.6. The molecule has 168 valence electrons. The highest BCUT2D eigenvalue weighted by molar-refractivity contribution is 5.85. The fraction of sp³-hybridized carbons (Fsp3) is 0.455. The number of nitrogens with one attached hydrogen (secondary N) is 1. The van der Waals surface area contributed by atoms with Crippen LogP contribution >= 0.6 is 12.4 Å². The average molecular weight is 450 g/mol. The normalized spacial score (nSPS) is 16.2. The predicted molar refractivity (Wildman–Crippen MR) is 121 cm³/mol. The number of hydrogen-bond donors (Lipinski definition) is 3. The lowest BCUT2D eigenvalue weighted by Crippen LogP contribution is -2.42. The Labute approximate surface area is 186 Å². The van der Waals surface area contributed by atoms with Crippen molar-refractivity contribution in [2.45, 2.75) is 38.1 Å². The lowest BCUT2D eigenvalue weighted by molar-refractivity contribution is 0.142. The summed E-state index contributed by atoms with van der Waals surface area (Å²) in [6.45, 7) is 2.01. The van der Waals surface area contributed by atoms with Gasteiger partial charge in [0.2, 0.25) is 5.75 Å². The number of anilines is 1. The second-order valence-corrected chi connectivity index (χ2v) is 8.23. The zero-order valence-corrected chi connectivity index (χ0v) is 18.5. The maximum atomic E-state index is 12.4. The smallest absolute Gasteiger partial charge is 0.504 e. The first-order valence-corrected chi connectivity index (χ1v) is 10.3. The van der Waals surface area contributed by atoms with E-state index in [-0.39, 0.29) is 18.2 Å². The van der Waals surface area contributed by atoms with E-state index in [9.17, 15) is 14.7 Å². The molecule has 0 saturated carbocycles. The Bertz CT molecular complexity index is 1030. The molecule has 1 saturated heterocycles. The quantitative estimate of drug-likeness (QED) is 0.617. The monoisotopic (exact) mass is 449 g/mol. The van der Waals surface area contributed by atoms with Crippen LogP contribution < -0.4 is 15.2 Å². The second kappa shape index (κ2) is 9.20. The number of aromatic amines is 1. The van der Waals surface area contributed by atoms with Crippen LogP contribution in [0, 0.1) is 0 Å². The van der Waals surface area contributed by atoms with Crippen molar-refractivity contribution in [3.8, 4) is 22.8 Å². The van der Waals surface area contributed by atoms with Crippen molar-refractivity contribution in [2.75, 3.05) is 32.1 Å². The number of benzene rings is 1. The molecule has 2 aromatic rings. The minimum absolute atomic E-state index is 0. The Morgan fingerprint density at radius 1 is 1.23 bits per heavy atom. The third-order valence-corrected chi connectivity index (χ3v) is 6.23. The van der Waals surface area contributed by atoms with Crippen LogP contribution in [0.15, 0.2) is 23.0 Å². The van der Waals surface area contributed by atoms with Gasteiger partial charge in [-0.05, 0) is 63.9 Å². The summed E-state index contributed by atoms with van der Waals surface area (Å²) in [6.07, 6.45) is 2.72. The fourth-order valence-corrected chi connectivity index (χ4v) is 4.59.